The zero-order valence-corrected chi connectivity index (χ0v) is 19.9. The second-order valence-electron chi connectivity index (χ2n) is 8.41. The molecule has 0 aliphatic carbocycles. The van der Waals surface area contributed by atoms with E-state index in [9.17, 15) is 4.79 Å². The van der Waals surface area contributed by atoms with Crippen molar-refractivity contribution in [2.24, 2.45) is 0 Å². The van der Waals surface area contributed by atoms with E-state index < -0.39 is 0 Å². The van der Waals surface area contributed by atoms with Crippen molar-refractivity contribution in [2.75, 3.05) is 19.0 Å². The molecule has 0 saturated carbocycles. The number of aryl methyl sites for hydroxylation is 1. The average molecular weight is 461 g/mol. The summed E-state index contributed by atoms with van der Waals surface area (Å²) in [5.74, 6) is 3.12. The van der Waals surface area contributed by atoms with Gasteiger partial charge >= 0.3 is 0 Å². The van der Waals surface area contributed by atoms with E-state index >= 15 is 0 Å². The maximum atomic E-state index is 12.4. The Kier molecular flexibility index (Phi) is 7.96. The van der Waals surface area contributed by atoms with Crippen LogP contribution in [-0.2, 0) is 17.8 Å². The third-order valence-electron chi connectivity index (χ3n) is 5.89. The summed E-state index contributed by atoms with van der Waals surface area (Å²) >= 11 is 0. The van der Waals surface area contributed by atoms with Crippen molar-refractivity contribution in [2.45, 2.75) is 52.0 Å². The molecule has 0 saturated heterocycles. The van der Waals surface area contributed by atoms with Crippen molar-refractivity contribution in [1.29, 1.82) is 0 Å². The van der Waals surface area contributed by atoms with Gasteiger partial charge in [-0.15, -0.1) is 10.2 Å². The maximum absolute atomic E-state index is 12.4. The van der Waals surface area contributed by atoms with Gasteiger partial charge in [0.05, 0.1) is 13.7 Å². The van der Waals surface area contributed by atoms with Gasteiger partial charge in [-0.25, -0.2) is 0 Å². The summed E-state index contributed by atoms with van der Waals surface area (Å²) in [6.07, 6.45) is 9.86. The van der Waals surface area contributed by atoms with Crippen molar-refractivity contribution in [3.05, 3.63) is 59.9 Å². The van der Waals surface area contributed by atoms with Gasteiger partial charge in [-0.3, -0.25) is 4.79 Å². The molecule has 1 N–H and O–H groups in total. The largest absolute Gasteiger partial charge is 0.493 e. The molecule has 1 amide bonds. The number of aromatic nitrogens is 3. The molecule has 7 heteroatoms. The zero-order chi connectivity index (χ0) is 23.8. The monoisotopic (exact) mass is 460 g/mol. The first kappa shape index (κ1) is 23.5. The van der Waals surface area contributed by atoms with Gasteiger partial charge in [-0.1, -0.05) is 25.8 Å². The second-order valence-corrected chi connectivity index (χ2v) is 8.41. The van der Waals surface area contributed by atoms with Crippen LogP contribution < -0.4 is 14.8 Å². The van der Waals surface area contributed by atoms with E-state index in [1.807, 2.05) is 42.5 Å². The molecule has 0 atom stereocenters. The summed E-state index contributed by atoms with van der Waals surface area (Å²) in [5.41, 5.74) is 2.59. The molecule has 0 unspecified atom stereocenters. The van der Waals surface area contributed by atoms with Crippen molar-refractivity contribution in [3.8, 4) is 22.9 Å². The van der Waals surface area contributed by atoms with Crippen molar-refractivity contribution < 1.29 is 14.3 Å². The average Bonchev–Trinajstić information content (AvgIpc) is 3.11. The van der Waals surface area contributed by atoms with Gasteiger partial charge < -0.3 is 19.4 Å². The molecule has 1 aliphatic heterocycles. The number of fused-ring (bicyclic) bond motifs is 1. The highest BCUT2D eigenvalue weighted by Crippen LogP contribution is 2.29. The van der Waals surface area contributed by atoms with Crippen LogP contribution in [0.15, 0.2) is 48.5 Å². The summed E-state index contributed by atoms with van der Waals surface area (Å²) < 4.78 is 13.4. The number of benzene rings is 2. The quantitative estimate of drug-likeness (QED) is 0.336. The molecule has 0 bridgehead atoms. The Hall–Kier alpha value is -3.61. The van der Waals surface area contributed by atoms with E-state index in [0.29, 0.717) is 18.1 Å². The van der Waals surface area contributed by atoms with Gasteiger partial charge in [0.15, 0.2) is 17.3 Å². The minimum Gasteiger partial charge on any atom is -0.493 e. The highest BCUT2D eigenvalue weighted by atomic mass is 16.5. The standard InChI is InChI=1S/C27H32N4O3/c1-3-4-18-34-23-15-9-20(19-24(23)33-2)10-16-26(32)28-22-13-11-21(12-14-22)27-30-29-25-8-6-5-7-17-31(25)27/h9-16,19H,3-8,17-18H2,1-2H3,(H,28,32)/b16-10+. The fraction of sp³-hybridized carbons (Fsp3) is 0.370. The number of nitrogens with zero attached hydrogens (tertiary/aromatic N) is 3. The molecule has 2 heterocycles. The number of rotatable bonds is 9. The number of methoxy groups -OCH3 is 1. The highest BCUT2D eigenvalue weighted by molar-refractivity contribution is 6.02. The molecule has 2 aromatic carbocycles. The number of unbranched alkanes of at least 4 members (excludes halogenated alkanes) is 1. The fourth-order valence-electron chi connectivity index (χ4n) is 3.99. The number of anilines is 1. The molecule has 1 aliphatic rings. The van der Waals surface area contributed by atoms with Gasteiger partial charge in [0, 0.05) is 30.3 Å². The van der Waals surface area contributed by atoms with Crippen molar-refractivity contribution in [3.63, 3.8) is 0 Å². The molecule has 0 radical (unpaired) electrons. The van der Waals surface area contributed by atoms with Gasteiger partial charge in [0.1, 0.15) is 5.82 Å². The van der Waals surface area contributed by atoms with E-state index in [1.165, 1.54) is 18.9 Å². The Morgan fingerprint density at radius 3 is 2.74 bits per heavy atom. The Balaban J connectivity index is 1.37. The van der Waals surface area contributed by atoms with Crippen LogP contribution in [0.5, 0.6) is 11.5 Å². The molecule has 0 fully saturated rings. The number of hydrogen-bond acceptors (Lipinski definition) is 5. The maximum Gasteiger partial charge on any atom is 0.248 e. The lowest BCUT2D eigenvalue weighted by Gasteiger charge is -2.11. The predicted molar refractivity (Wildman–Crippen MR) is 134 cm³/mol. The first-order valence-corrected chi connectivity index (χ1v) is 12.0. The van der Waals surface area contributed by atoms with Crippen LogP contribution in [0.1, 0.15) is 50.4 Å². The number of ether oxygens (including phenoxy) is 2. The third-order valence-corrected chi connectivity index (χ3v) is 5.89. The van der Waals surface area contributed by atoms with E-state index in [1.54, 1.807) is 13.2 Å². The number of carbonyl (C=O) groups excluding carboxylic acids is 1. The SMILES string of the molecule is CCCCOc1ccc(/C=C/C(=O)Nc2ccc(-c3nnc4n3CCCCC4)cc2)cc1OC. The molecule has 178 valence electrons. The Morgan fingerprint density at radius 1 is 1.09 bits per heavy atom. The predicted octanol–water partition coefficient (Wildman–Crippen LogP) is 5.51. The molecule has 4 rings (SSSR count). The number of amides is 1. The van der Waals surface area contributed by atoms with Crippen molar-refractivity contribution >= 4 is 17.7 Å². The summed E-state index contributed by atoms with van der Waals surface area (Å²) in [6, 6.07) is 13.4. The first-order chi connectivity index (χ1) is 16.7. The van der Waals surface area contributed by atoms with Crippen LogP contribution in [0.3, 0.4) is 0 Å². The van der Waals surface area contributed by atoms with Crippen LogP contribution in [0.25, 0.3) is 17.5 Å². The van der Waals surface area contributed by atoms with Gasteiger partial charge in [0.2, 0.25) is 5.91 Å². The van der Waals surface area contributed by atoms with E-state index in [0.717, 1.165) is 60.7 Å². The van der Waals surface area contributed by atoms with Gasteiger partial charge in [-0.05, 0) is 67.3 Å². The minimum atomic E-state index is -0.202. The number of carbonyl (C=O) groups is 1. The van der Waals surface area contributed by atoms with Crippen molar-refractivity contribution in [1.82, 2.24) is 14.8 Å². The van der Waals surface area contributed by atoms with Crippen LogP contribution in [-0.4, -0.2) is 34.4 Å². The highest BCUT2D eigenvalue weighted by Gasteiger charge is 2.16. The minimum absolute atomic E-state index is 0.202. The van der Waals surface area contributed by atoms with Crippen LogP contribution in [0, 0.1) is 0 Å². The molecular weight excluding hydrogens is 428 g/mol. The zero-order valence-electron chi connectivity index (χ0n) is 19.9. The van der Waals surface area contributed by atoms with E-state index in [2.05, 4.69) is 27.0 Å². The summed E-state index contributed by atoms with van der Waals surface area (Å²) in [4.78, 5) is 12.4. The summed E-state index contributed by atoms with van der Waals surface area (Å²) in [7, 11) is 1.61. The van der Waals surface area contributed by atoms with Gasteiger partial charge in [0.25, 0.3) is 0 Å². The second kappa shape index (κ2) is 11.5. The smallest absolute Gasteiger partial charge is 0.248 e. The molecule has 1 aromatic heterocycles. The van der Waals surface area contributed by atoms with E-state index in [-0.39, 0.29) is 5.91 Å². The molecule has 3 aromatic rings. The topological polar surface area (TPSA) is 78.3 Å². The van der Waals surface area contributed by atoms with E-state index in [4.69, 9.17) is 9.47 Å². The Labute approximate surface area is 200 Å². The van der Waals surface area contributed by atoms with Crippen LogP contribution in [0.2, 0.25) is 0 Å². The van der Waals surface area contributed by atoms with Crippen LogP contribution >= 0.6 is 0 Å². The van der Waals surface area contributed by atoms with Gasteiger partial charge in [-0.2, -0.15) is 0 Å². The number of hydrogen-bond donors (Lipinski definition) is 1. The molecule has 34 heavy (non-hydrogen) atoms. The first-order valence-electron chi connectivity index (χ1n) is 12.0. The molecule has 7 nitrogen and oxygen atoms in total. The molecule has 0 spiro atoms. The summed E-state index contributed by atoms with van der Waals surface area (Å²) in [5, 5.41) is 11.7. The van der Waals surface area contributed by atoms with Crippen LogP contribution in [0.4, 0.5) is 5.69 Å². The number of nitrogens with one attached hydrogen (secondary N) is 1. The Morgan fingerprint density at radius 2 is 1.94 bits per heavy atom. The lowest BCUT2D eigenvalue weighted by Crippen LogP contribution is -2.07. The third kappa shape index (κ3) is 5.84. The normalized spacial score (nSPS) is 13.4. The summed E-state index contributed by atoms with van der Waals surface area (Å²) in [6.45, 7) is 3.73. The lowest BCUT2D eigenvalue weighted by atomic mass is 10.1. The molecular formula is C27H32N4O3. The fourth-order valence-corrected chi connectivity index (χ4v) is 3.99. The lowest BCUT2D eigenvalue weighted by molar-refractivity contribution is -0.111. The Bertz CT molecular complexity index is 1140.